The van der Waals surface area contributed by atoms with E-state index >= 15 is 0 Å². The molecule has 0 saturated heterocycles. The molecule has 2 aromatic rings. The highest BCUT2D eigenvalue weighted by Gasteiger charge is 2.13. The zero-order valence-corrected chi connectivity index (χ0v) is 11.6. The maximum absolute atomic E-state index is 11.8. The Balaban J connectivity index is 2.07. The number of thiophene rings is 1. The third kappa shape index (κ3) is 2.90. The largest absolute Gasteiger partial charge is 0.495 e. The van der Waals surface area contributed by atoms with Gasteiger partial charge in [0.2, 0.25) is 0 Å². The van der Waals surface area contributed by atoms with E-state index in [4.69, 9.17) is 20.5 Å². The van der Waals surface area contributed by atoms with Crippen LogP contribution >= 0.6 is 11.3 Å². The number of benzene rings is 1. The number of esters is 1. The summed E-state index contributed by atoms with van der Waals surface area (Å²) in [5.74, 6) is 0.0249. The number of nitrogens with two attached hydrogens (primary N) is 1. The summed E-state index contributed by atoms with van der Waals surface area (Å²) in [5.41, 5.74) is 7.17. The zero-order valence-electron chi connectivity index (χ0n) is 10.8. The summed E-state index contributed by atoms with van der Waals surface area (Å²) in [5, 5.41) is 10.7. The van der Waals surface area contributed by atoms with E-state index in [-0.39, 0.29) is 6.61 Å². The van der Waals surface area contributed by atoms with Crippen LogP contribution in [0.15, 0.2) is 29.6 Å². The Kier molecular flexibility index (Phi) is 4.23. The Morgan fingerprint density at radius 2 is 2.25 bits per heavy atom. The number of rotatable bonds is 4. The first-order valence-corrected chi connectivity index (χ1v) is 6.60. The fourth-order valence-electron chi connectivity index (χ4n) is 1.63. The molecule has 20 heavy (non-hydrogen) atoms. The first kappa shape index (κ1) is 13.9. The molecule has 0 unspecified atom stereocenters. The zero-order chi connectivity index (χ0) is 14.5. The lowest BCUT2D eigenvalue weighted by atomic mass is 10.1. The number of nitrogens with zero attached hydrogens (tertiary/aromatic N) is 1. The number of methoxy groups -OCH3 is 1. The molecular weight excluding hydrogens is 276 g/mol. The summed E-state index contributed by atoms with van der Waals surface area (Å²) in [6.07, 6.45) is 0. The lowest BCUT2D eigenvalue weighted by molar-refractivity contribution is 0.0479. The maximum Gasteiger partial charge on any atom is 0.350 e. The van der Waals surface area contributed by atoms with Crippen LogP contribution in [0.4, 0.5) is 5.69 Å². The highest BCUT2D eigenvalue weighted by atomic mass is 32.1. The van der Waals surface area contributed by atoms with E-state index in [1.54, 1.807) is 29.6 Å². The van der Waals surface area contributed by atoms with E-state index in [0.29, 0.717) is 27.4 Å². The SMILES string of the molecule is COc1ccc(COC(=O)c2sccc2N)cc1C#N. The Morgan fingerprint density at radius 3 is 2.85 bits per heavy atom. The minimum atomic E-state index is -0.466. The molecule has 0 aliphatic carbocycles. The van der Waals surface area contributed by atoms with Crippen LogP contribution in [0.2, 0.25) is 0 Å². The molecule has 2 rings (SSSR count). The maximum atomic E-state index is 11.8. The molecule has 6 heteroatoms. The molecule has 0 aliphatic heterocycles. The lowest BCUT2D eigenvalue weighted by Crippen LogP contribution is -2.05. The fourth-order valence-corrected chi connectivity index (χ4v) is 2.34. The molecule has 0 amide bonds. The Hall–Kier alpha value is -2.52. The van der Waals surface area contributed by atoms with Gasteiger partial charge in [-0.2, -0.15) is 5.26 Å². The third-order valence-electron chi connectivity index (χ3n) is 2.64. The van der Waals surface area contributed by atoms with E-state index in [9.17, 15) is 4.79 Å². The smallest absolute Gasteiger partial charge is 0.350 e. The van der Waals surface area contributed by atoms with Gasteiger partial charge >= 0.3 is 5.97 Å². The van der Waals surface area contributed by atoms with Gasteiger partial charge in [0.05, 0.1) is 18.4 Å². The highest BCUT2D eigenvalue weighted by Crippen LogP contribution is 2.22. The van der Waals surface area contributed by atoms with Crippen LogP contribution in [0.3, 0.4) is 0 Å². The predicted octanol–water partition coefficient (Wildman–Crippen LogP) is 2.57. The van der Waals surface area contributed by atoms with Gasteiger partial charge in [0.15, 0.2) is 0 Å². The van der Waals surface area contributed by atoms with Crippen molar-refractivity contribution in [3.8, 4) is 11.8 Å². The number of hydrogen-bond donors (Lipinski definition) is 1. The van der Waals surface area contributed by atoms with Crippen molar-refractivity contribution in [2.24, 2.45) is 0 Å². The van der Waals surface area contributed by atoms with Crippen molar-refractivity contribution in [1.82, 2.24) is 0 Å². The second kappa shape index (κ2) is 6.08. The molecule has 1 aromatic heterocycles. The molecule has 0 aliphatic rings. The minimum Gasteiger partial charge on any atom is -0.495 e. The average Bonchev–Trinajstić information content (AvgIpc) is 2.90. The molecule has 2 N–H and O–H groups in total. The average molecular weight is 288 g/mol. The second-order valence-electron chi connectivity index (χ2n) is 3.93. The number of nitrogen functional groups attached to an aromatic ring is 1. The lowest BCUT2D eigenvalue weighted by Gasteiger charge is -2.07. The van der Waals surface area contributed by atoms with Crippen molar-refractivity contribution in [3.05, 3.63) is 45.6 Å². The van der Waals surface area contributed by atoms with Crippen LogP contribution in [0.1, 0.15) is 20.8 Å². The number of ether oxygens (including phenoxy) is 2. The van der Waals surface area contributed by atoms with Gasteiger partial charge in [0, 0.05) is 0 Å². The quantitative estimate of drug-likeness (QED) is 0.874. The number of carbonyl (C=O) groups is 1. The van der Waals surface area contributed by atoms with E-state index in [2.05, 4.69) is 0 Å². The first-order valence-electron chi connectivity index (χ1n) is 5.72. The molecule has 5 nitrogen and oxygen atoms in total. The summed E-state index contributed by atoms with van der Waals surface area (Å²) >= 11 is 1.23. The van der Waals surface area contributed by atoms with Gasteiger partial charge < -0.3 is 15.2 Å². The summed E-state index contributed by atoms with van der Waals surface area (Å²) in [7, 11) is 1.50. The van der Waals surface area contributed by atoms with E-state index in [0.717, 1.165) is 0 Å². The molecule has 0 atom stereocenters. The third-order valence-corrected chi connectivity index (χ3v) is 3.55. The topological polar surface area (TPSA) is 85.3 Å². The van der Waals surface area contributed by atoms with Gasteiger partial charge in [-0.3, -0.25) is 0 Å². The summed E-state index contributed by atoms with van der Waals surface area (Å²) < 4.78 is 10.2. The Morgan fingerprint density at radius 1 is 1.45 bits per heavy atom. The molecule has 102 valence electrons. The van der Waals surface area contributed by atoms with E-state index in [1.165, 1.54) is 18.4 Å². The van der Waals surface area contributed by atoms with Gasteiger partial charge in [0.1, 0.15) is 23.3 Å². The molecule has 0 bridgehead atoms. The van der Waals surface area contributed by atoms with E-state index in [1.807, 2.05) is 6.07 Å². The molecule has 1 aromatic carbocycles. The molecule has 0 radical (unpaired) electrons. The van der Waals surface area contributed by atoms with Crippen molar-refractivity contribution >= 4 is 23.0 Å². The fraction of sp³-hybridized carbons (Fsp3) is 0.143. The van der Waals surface area contributed by atoms with Crippen molar-refractivity contribution < 1.29 is 14.3 Å². The molecule has 0 saturated carbocycles. The van der Waals surface area contributed by atoms with Crippen molar-refractivity contribution in [2.75, 3.05) is 12.8 Å². The minimum absolute atomic E-state index is 0.0782. The normalized spacial score (nSPS) is 9.80. The Bertz CT molecular complexity index is 673. The van der Waals surface area contributed by atoms with Crippen molar-refractivity contribution in [3.63, 3.8) is 0 Å². The molecular formula is C14H12N2O3S. The number of hydrogen-bond acceptors (Lipinski definition) is 6. The first-order chi connectivity index (χ1) is 9.65. The predicted molar refractivity (Wildman–Crippen MR) is 75.6 cm³/mol. The standard InChI is InChI=1S/C14H12N2O3S/c1-18-12-3-2-9(6-10(12)7-15)8-19-14(17)13-11(16)4-5-20-13/h2-6H,8,16H2,1H3. The van der Waals surface area contributed by atoms with Crippen LogP contribution < -0.4 is 10.5 Å². The van der Waals surface area contributed by atoms with Gasteiger partial charge in [-0.1, -0.05) is 6.07 Å². The van der Waals surface area contributed by atoms with Crippen molar-refractivity contribution in [2.45, 2.75) is 6.61 Å². The van der Waals surface area contributed by atoms with Crippen LogP contribution in [0, 0.1) is 11.3 Å². The van der Waals surface area contributed by atoms with Gasteiger partial charge in [0.25, 0.3) is 0 Å². The number of nitriles is 1. The van der Waals surface area contributed by atoms with Crippen LogP contribution in [0.5, 0.6) is 5.75 Å². The van der Waals surface area contributed by atoms with Crippen LogP contribution in [-0.4, -0.2) is 13.1 Å². The number of anilines is 1. The summed E-state index contributed by atoms with van der Waals surface area (Å²) in [6.45, 7) is 0.0782. The van der Waals surface area contributed by atoms with Gasteiger partial charge in [-0.05, 0) is 29.1 Å². The highest BCUT2D eigenvalue weighted by molar-refractivity contribution is 7.12. The van der Waals surface area contributed by atoms with Crippen LogP contribution in [0.25, 0.3) is 0 Å². The molecule has 0 spiro atoms. The number of carbonyl (C=O) groups excluding carboxylic acids is 1. The summed E-state index contributed by atoms with van der Waals surface area (Å²) in [6, 6.07) is 8.72. The molecule has 0 fully saturated rings. The van der Waals surface area contributed by atoms with Crippen LogP contribution in [-0.2, 0) is 11.3 Å². The van der Waals surface area contributed by atoms with Crippen molar-refractivity contribution in [1.29, 1.82) is 5.26 Å². The van der Waals surface area contributed by atoms with E-state index < -0.39 is 5.97 Å². The Labute approximate surface area is 120 Å². The second-order valence-corrected chi connectivity index (χ2v) is 4.84. The monoisotopic (exact) mass is 288 g/mol. The summed E-state index contributed by atoms with van der Waals surface area (Å²) in [4.78, 5) is 12.2. The van der Waals surface area contributed by atoms with Gasteiger partial charge in [-0.15, -0.1) is 11.3 Å². The molecule has 1 heterocycles. The van der Waals surface area contributed by atoms with Gasteiger partial charge in [-0.25, -0.2) is 4.79 Å².